The first-order chi connectivity index (χ1) is 16.4. The molecule has 0 spiro atoms. The second-order valence-electron chi connectivity index (χ2n) is 6.12. The normalized spacial score (nSPS) is 12.2. The number of carbonyl (C=O) groups excluding carboxylic acids is 2. The molecule has 3 aromatic rings. The van der Waals surface area contributed by atoms with Crippen molar-refractivity contribution in [1.29, 1.82) is 0 Å². The van der Waals surface area contributed by atoms with E-state index in [1.807, 2.05) is 0 Å². The van der Waals surface area contributed by atoms with Gasteiger partial charge >= 0.3 is 12.2 Å². The van der Waals surface area contributed by atoms with E-state index in [9.17, 15) is 22.8 Å². The van der Waals surface area contributed by atoms with Gasteiger partial charge in [0, 0.05) is 30.7 Å². The fourth-order valence-electron chi connectivity index (χ4n) is 2.41. The molecule has 0 saturated carbocycles. The van der Waals surface area contributed by atoms with E-state index < -0.39 is 28.7 Å². The van der Waals surface area contributed by atoms with Crippen molar-refractivity contribution >= 4 is 34.9 Å². The van der Waals surface area contributed by atoms with Crippen molar-refractivity contribution in [3.05, 3.63) is 77.0 Å². The summed E-state index contributed by atoms with van der Waals surface area (Å²) in [5, 5.41) is 6.27. The summed E-state index contributed by atoms with van der Waals surface area (Å²) in [5.74, 6) is -0.476. The molecule has 1 aromatic heterocycles. The van der Waals surface area contributed by atoms with Crippen LogP contribution in [-0.2, 0) is 6.18 Å². The zero-order chi connectivity index (χ0) is 25.9. The highest BCUT2D eigenvalue weighted by atomic mass is 35.5. The van der Waals surface area contributed by atoms with E-state index >= 15 is 0 Å². The quantitative estimate of drug-likeness (QED) is 0.458. The molecule has 7 nitrogen and oxygen atoms in total. The van der Waals surface area contributed by atoms with Gasteiger partial charge in [0.15, 0.2) is 0 Å². The number of ether oxygens (including phenoxy) is 1. The van der Waals surface area contributed by atoms with Crippen LogP contribution in [0, 0.1) is 0 Å². The molecule has 0 atom stereocenters. The third-order valence-electron chi connectivity index (χ3n) is 3.85. The Morgan fingerprint density at radius 3 is 2.38 bits per heavy atom. The van der Waals surface area contributed by atoms with Crippen LogP contribution < -0.4 is 20.7 Å². The minimum atomic E-state index is -4.72. The predicted molar refractivity (Wildman–Crippen MR) is 113 cm³/mol. The van der Waals surface area contributed by atoms with E-state index in [0.717, 1.165) is 6.07 Å². The maximum absolute atomic E-state index is 13.0. The monoisotopic (exact) mass is 467 g/mol. The number of nitrogens with zero attached hydrogens (tertiary/aromatic N) is 1. The van der Waals surface area contributed by atoms with E-state index in [0.29, 0.717) is 6.07 Å². The van der Waals surface area contributed by atoms with Crippen LogP contribution in [0.5, 0.6) is 11.5 Å². The molecule has 0 bridgehead atoms. The van der Waals surface area contributed by atoms with Gasteiger partial charge in [-0.1, -0.05) is 11.6 Å². The molecule has 0 aliphatic rings. The summed E-state index contributed by atoms with van der Waals surface area (Å²) in [5.41, 5.74) is -1.64. The van der Waals surface area contributed by atoms with Crippen LogP contribution >= 0.6 is 11.6 Å². The lowest BCUT2D eigenvalue weighted by molar-refractivity contribution is -0.137. The molecular formula is C21H16ClF3N4O3. The molecule has 32 heavy (non-hydrogen) atoms. The number of aromatic nitrogens is 1. The van der Waals surface area contributed by atoms with Crippen LogP contribution in [0.2, 0.25) is 5.02 Å². The van der Waals surface area contributed by atoms with Crippen molar-refractivity contribution in [2.75, 3.05) is 17.7 Å². The summed E-state index contributed by atoms with van der Waals surface area (Å²) in [6.07, 6.45) is -4.97. The van der Waals surface area contributed by atoms with Gasteiger partial charge < -0.3 is 20.7 Å². The van der Waals surface area contributed by atoms with Crippen LogP contribution in [0.3, 0.4) is 0 Å². The first-order valence-electron chi connectivity index (χ1n) is 10.3. The Hall–Kier alpha value is -3.79. The van der Waals surface area contributed by atoms with Crippen LogP contribution in [0.4, 0.5) is 29.3 Å². The van der Waals surface area contributed by atoms with Gasteiger partial charge in [0.2, 0.25) is 0 Å². The molecule has 11 heteroatoms. The minimum absolute atomic E-state index is 0.00642. The minimum Gasteiger partial charge on any atom is -0.457 e. The van der Waals surface area contributed by atoms with Gasteiger partial charge in [-0.25, -0.2) is 4.79 Å². The first-order valence-corrected chi connectivity index (χ1v) is 9.20. The van der Waals surface area contributed by atoms with Gasteiger partial charge in [-0.3, -0.25) is 9.78 Å². The molecule has 0 aliphatic carbocycles. The van der Waals surface area contributed by atoms with Gasteiger partial charge in [0.05, 0.1) is 14.7 Å². The maximum atomic E-state index is 13.0. The zero-order valence-electron chi connectivity index (χ0n) is 19.2. The predicted octanol–water partition coefficient (Wildman–Crippen LogP) is 5.55. The number of nitrogens with one attached hydrogen (secondary N) is 3. The number of pyridine rings is 1. The molecular weight excluding hydrogens is 449 g/mol. The van der Waals surface area contributed by atoms with E-state index in [4.69, 9.17) is 20.5 Å². The molecule has 0 unspecified atom stereocenters. The van der Waals surface area contributed by atoms with Gasteiger partial charge in [0.25, 0.3) is 5.91 Å². The summed E-state index contributed by atoms with van der Waals surface area (Å²) in [4.78, 5) is 27.8. The molecule has 0 saturated heterocycles. The Labute approximate surface area is 189 Å². The van der Waals surface area contributed by atoms with Crippen molar-refractivity contribution in [1.82, 2.24) is 10.3 Å². The zero-order valence-corrected chi connectivity index (χ0v) is 17.0. The standard InChI is InChI=1S/C21H16ClF3N4O3/c1-26-19(30)18-11-15(8-9-27-18)32-14-5-2-12(3-6-14)28-20(31)29-13-4-7-17(22)16(10-13)21(23,24)25/h2-11H,1H3,(H,26,30)(H2,28,29,31)/i2D,3D,9D. The van der Waals surface area contributed by atoms with Crippen molar-refractivity contribution < 1.29 is 31.6 Å². The van der Waals surface area contributed by atoms with E-state index in [-0.39, 0.29) is 46.8 Å². The largest absolute Gasteiger partial charge is 0.457 e. The highest BCUT2D eigenvalue weighted by molar-refractivity contribution is 6.31. The highest BCUT2D eigenvalue weighted by Crippen LogP contribution is 2.36. The van der Waals surface area contributed by atoms with Gasteiger partial charge in [0.1, 0.15) is 17.2 Å². The van der Waals surface area contributed by atoms with Gasteiger partial charge in [-0.15, -0.1) is 0 Å². The van der Waals surface area contributed by atoms with E-state index in [1.165, 1.54) is 37.4 Å². The Morgan fingerprint density at radius 2 is 1.72 bits per heavy atom. The Balaban J connectivity index is 1.77. The lowest BCUT2D eigenvalue weighted by Gasteiger charge is -2.12. The average Bonchev–Trinajstić information content (AvgIpc) is 2.76. The van der Waals surface area contributed by atoms with Crippen LogP contribution in [0.15, 0.2) is 60.7 Å². The lowest BCUT2D eigenvalue weighted by atomic mass is 10.2. The smallest absolute Gasteiger partial charge is 0.417 e. The third kappa shape index (κ3) is 5.88. The maximum Gasteiger partial charge on any atom is 0.417 e. The average molecular weight is 468 g/mol. The Bertz CT molecular complexity index is 1290. The van der Waals surface area contributed by atoms with Gasteiger partial charge in [-0.05, 0) is 48.5 Å². The second kappa shape index (κ2) is 9.56. The van der Waals surface area contributed by atoms with Crippen molar-refractivity contribution in [3.8, 4) is 11.5 Å². The molecule has 0 fully saturated rings. The fourth-order valence-corrected chi connectivity index (χ4v) is 2.64. The number of urea groups is 1. The highest BCUT2D eigenvalue weighted by Gasteiger charge is 2.33. The number of amides is 3. The fraction of sp³-hybridized carbons (Fsp3) is 0.0952. The lowest BCUT2D eigenvalue weighted by Crippen LogP contribution is -2.19. The van der Waals surface area contributed by atoms with Crippen LogP contribution in [-0.4, -0.2) is 24.0 Å². The molecule has 1 heterocycles. The summed E-state index contributed by atoms with van der Waals surface area (Å²) < 4.78 is 68.4. The first kappa shape index (κ1) is 18.9. The third-order valence-corrected chi connectivity index (χ3v) is 4.18. The molecule has 3 amide bonds. The molecule has 3 rings (SSSR count). The van der Waals surface area contributed by atoms with Crippen molar-refractivity contribution in [2.24, 2.45) is 0 Å². The van der Waals surface area contributed by atoms with Crippen LogP contribution in [0.1, 0.15) is 20.2 Å². The number of halogens is 4. The molecule has 3 N–H and O–H groups in total. The number of carbonyl (C=O) groups is 2. The van der Waals surface area contributed by atoms with Gasteiger partial charge in [-0.2, -0.15) is 13.2 Å². The number of rotatable bonds is 5. The Kier molecular flexibility index (Phi) is 5.66. The molecule has 166 valence electrons. The van der Waals surface area contributed by atoms with E-state index in [1.54, 1.807) is 0 Å². The number of hydrogen-bond donors (Lipinski definition) is 3. The second-order valence-corrected chi connectivity index (χ2v) is 6.53. The van der Waals surface area contributed by atoms with Crippen molar-refractivity contribution in [2.45, 2.75) is 6.18 Å². The molecule has 0 radical (unpaired) electrons. The Morgan fingerprint density at radius 1 is 1.03 bits per heavy atom. The summed E-state index contributed by atoms with van der Waals surface area (Å²) >= 11 is 5.56. The number of benzene rings is 2. The van der Waals surface area contributed by atoms with Crippen LogP contribution in [0.25, 0.3) is 0 Å². The number of alkyl halides is 3. The topological polar surface area (TPSA) is 92.4 Å². The summed E-state index contributed by atoms with van der Waals surface area (Å²) in [6.45, 7) is 0. The number of hydrogen-bond acceptors (Lipinski definition) is 4. The molecule has 2 aromatic carbocycles. The molecule has 0 aliphatic heterocycles. The number of anilines is 2. The summed E-state index contributed by atoms with van der Waals surface area (Å²) in [7, 11) is 1.39. The van der Waals surface area contributed by atoms with Crippen molar-refractivity contribution in [3.63, 3.8) is 0 Å². The SMILES string of the molecule is [2H]c1cc(Oc2cc([2H])c(NC(=O)Nc3ccc(Cl)c(C(F)(F)F)c3)c([2H])c2)cc(C(=O)NC)n1. The summed E-state index contributed by atoms with van der Waals surface area (Å²) in [6, 6.07) is 5.98. The van der Waals surface area contributed by atoms with E-state index in [2.05, 4.69) is 20.9 Å².